The lowest BCUT2D eigenvalue weighted by molar-refractivity contribution is 0.192. The molecule has 1 aromatic rings. The van der Waals surface area contributed by atoms with Crippen LogP contribution in [0, 0.1) is 11.3 Å². The van der Waals surface area contributed by atoms with Gasteiger partial charge in [0.15, 0.2) is 0 Å². The molecule has 2 heteroatoms. The van der Waals surface area contributed by atoms with E-state index in [-0.39, 0.29) is 0 Å². The quantitative estimate of drug-likeness (QED) is 0.676. The molecule has 1 heterocycles. The minimum absolute atomic E-state index is 0.323. The predicted molar refractivity (Wildman–Crippen MR) is 54.2 cm³/mol. The van der Waals surface area contributed by atoms with E-state index in [2.05, 4.69) is 19.1 Å². The predicted octanol–water partition coefficient (Wildman–Crippen LogP) is 2.47. The van der Waals surface area contributed by atoms with E-state index < -0.39 is 0 Å². The van der Waals surface area contributed by atoms with Gasteiger partial charge >= 0.3 is 0 Å². The zero-order valence-corrected chi connectivity index (χ0v) is 8.29. The molecular formula is C12H13NO. The molecule has 2 rings (SSSR count). The van der Waals surface area contributed by atoms with Crippen LogP contribution in [0.3, 0.4) is 0 Å². The molecule has 1 aliphatic rings. The van der Waals surface area contributed by atoms with E-state index in [1.807, 2.05) is 12.1 Å². The molecule has 1 unspecified atom stereocenters. The van der Waals surface area contributed by atoms with Crippen molar-refractivity contribution in [1.29, 1.82) is 5.26 Å². The van der Waals surface area contributed by atoms with Crippen LogP contribution in [0.1, 0.15) is 24.5 Å². The number of nitrogens with zero attached hydrogens (tertiary/aromatic N) is 1. The Morgan fingerprint density at radius 1 is 1.57 bits per heavy atom. The van der Waals surface area contributed by atoms with E-state index in [4.69, 9.17) is 10.00 Å². The molecule has 0 aromatic heterocycles. The molecular weight excluding hydrogens is 174 g/mol. The van der Waals surface area contributed by atoms with Crippen LogP contribution in [0.15, 0.2) is 18.2 Å². The van der Waals surface area contributed by atoms with Crippen LogP contribution in [-0.4, -0.2) is 6.10 Å². The highest BCUT2D eigenvalue weighted by atomic mass is 16.5. The third-order valence-corrected chi connectivity index (χ3v) is 2.56. The van der Waals surface area contributed by atoms with E-state index in [0.29, 0.717) is 12.5 Å². The summed E-state index contributed by atoms with van der Waals surface area (Å²) in [5.41, 5.74) is 2.33. The second-order valence-electron chi connectivity index (χ2n) is 3.74. The smallest absolute Gasteiger partial charge is 0.122 e. The summed E-state index contributed by atoms with van der Waals surface area (Å²) in [6, 6.07) is 8.20. The van der Waals surface area contributed by atoms with Crippen molar-refractivity contribution in [3.63, 3.8) is 0 Å². The molecule has 0 radical (unpaired) electrons. The van der Waals surface area contributed by atoms with Gasteiger partial charge in [-0.2, -0.15) is 5.26 Å². The highest BCUT2D eigenvalue weighted by Gasteiger charge is 2.15. The van der Waals surface area contributed by atoms with E-state index in [1.54, 1.807) is 0 Å². The molecule has 0 N–H and O–H groups in total. The second-order valence-corrected chi connectivity index (χ2v) is 3.74. The van der Waals surface area contributed by atoms with Crippen molar-refractivity contribution in [3.8, 4) is 11.8 Å². The largest absolute Gasteiger partial charge is 0.490 e. The molecule has 0 bridgehead atoms. The summed E-state index contributed by atoms with van der Waals surface area (Å²) in [6.07, 6.45) is 2.95. The van der Waals surface area contributed by atoms with Gasteiger partial charge in [-0.25, -0.2) is 0 Å². The number of fused-ring (bicyclic) bond motifs is 1. The zero-order valence-electron chi connectivity index (χ0n) is 8.29. The Morgan fingerprint density at radius 3 is 3.21 bits per heavy atom. The maximum Gasteiger partial charge on any atom is 0.122 e. The zero-order chi connectivity index (χ0) is 9.97. The van der Waals surface area contributed by atoms with Gasteiger partial charge in [0.2, 0.25) is 0 Å². The number of aryl methyl sites for hydroxylation is 1. The van der Waals surface area contributed by atoms with E-state index in [1.165, 1.54) is 5.56 Å². The van der Waals surface area contributed by atoms with Crippen LogP contribution in [0.5, 0.6) is 5.75 Å². The van der Waals surface area contributed by atoms with Crippen LogP contribution < -0.4 is 4.74 Å². The molecule has 0 spiro atoms. The van der Waals surface area contributed by atoms with Crippen LogP contribution in [-0.2, 0) is 12.8 Å². The maximum atomic E-state index is 8.58. The molecule has 0 amide bonds. The van der Waals surface area contributed by atoms with Crippen molar-refractivity contribution in [3.05, 3.63) is 29.3 Å². The van der Waals surface area contributed by atoms with Crippen molar-refractivity contribution in [2.24, 2.45) is 0 Å². The topological polar surface area (TPSA) is 33.0 Å². The number of ether oxygens (including phenoxy) is 1. The Labute approximate surface area is 84.1 Å². The highest BCUT2D eigenvalue weighted by Crippen LogP contribution is 2.28. The molecule has 0 aliphatic carbocycles. The fourth-order valence-corrected chi connectivity index (χ4v) is 1.78. The summed E-state index contributed by atoms with van der Waals surface area (Å²) >= 11 is 0. The monoisotopic (exact) mass is 187 g/mol. The van der Waals surface area contributed by atoms with Crippen molar-refractivity contribution in [2.45, 2.75) is 32.3 Å². The Balaban J connectivity index is 2.28. The first-order valence-corrected chi connectivity index (χ1v) is 4.95. The molecule has 1 aromatic carbocycles. The van der Waals surface area contributed by atoms with Gasteiger partial charge in [0.25, 0.3) is 0 Å². The van der Waals surface area contributed by atoms with Crippen molar-refractivity contribution in [1.82, 2.24) is 0 Å². The summed E-state index contributed by atoms with van der Waals surface area (Å²) < 4.78 is 5.68. The van der Waals surface area contributed by atoms with Gasteiger partial charge in [-0.1, -0.05) is 12.1 Å². The number of hydrogen-bond acceptors (Lipinski definition) is 2. The fourth-order valence-electron chi connectivity index (χ4n) is 1.78. The number of benzene rings is 1. The Hall–Kier alpha value is -1.49. The SMILES string of the molecule is CC1CCc2cc(CC#N)ccc2O1. The Kier molecular flexibility index (Phi) is 2.41. The van der Waals surface area contributed by atoms with E-state index >= 15 is 0 Å². The van der Waals surface area contributed by atoms with Crippen LogP contribution in [0.2, 0.25) is 0 Å². The third kappa shape index (κ3) is 1.72. The maximum absolute atomic E-state index is 8.58. The van der Waals surface area contributed by atoms with Crippen molar-refractivity contribution < 1.29 is 4.74 Å². The Morgan fingerprint density at radius 2 is 2.43 bits per heavy atom. The van der Waals surface area contributed by atoms with Gasteiger partial charge in [-0.05, 0) is 37.0 Å². The van der Waals surface area contributed by atoms with Gasteiger partial charge in [-0.3, -0.25) is 0 Å². The van der Waals surface area contributed by atoms with Gasteiger partial charge in [-0.15, -0.1) is 0 Å². The number of rotatable bonds is 1. The number of nitriles is 1. The normalized spacial score (nSPS) is 19.3. The standard InChI is InChI=1S/C12H13NO/c1-9-2-4-11-8-10(6-7-13)3-5-12(11)14-9/h3,5,8-9H,2,4,6H2,1H3. The summed E-state index contributed by atoms with van der Waals surface area (Å²) in [7, 11) is 0. The molecule has 1 aliphatic heterocycles. The lowest BCUT2D eigenvalue weighted by Gasteiger charge is -2.23. The number of hydrogen-bond donors (Lipinski definition) is 0. The lowest BCUT2D eigenvalue weighted by atomic mass is 10.00. The first-order chi connectivity index (χ1) is 6.79. The molecule has 0 fully saturated rings. The minimum atomic E-state index is 0.323. The van der Waals surface area contributed by atoms with Gasteiger partial charge in [0.05, 0.1) is 18.6 Å². The Bertz CT molecular complexity index is 378. The summed E-state index contributed by atoms with van der Waals surface area (Å²) in [4.78, 5) is 0. The fraction of sp³-hybridized carbons (Fsp3) is 0.417. The van der Waals surface area contributed by atoms with Crippen LogP contribution in [0.25, 0.3) is 0 Å². The van der Waals surface area contributed by atoms with E-state index in [0.717, 1.165) is 24.2 Å². The summed E-state index contributed by atoms with van der Waals surface area (Å²) in [5.74, 6) is 0.991. The molecule has 0 saturated heterocycles. The first-order valence-electron chi connectivity index (χ1n) is 4.95. The molecule has 72 valence electrons. The highest BCUT2D eigenvalue weighted by molar-refractivity contribution is 5.39. The van der Waals surface area contributed by atoms with E-state index in [9.17, 15) is 0 Å². The van der Waals surface area contributed by atoms with Crippen molar-refractivity contribution >= 4 is 0 Å². The van der Waals surface area contributed by atoms with Crippen molar-refractivity contribution in [2.75, 3.05) is 0 Å². The minimum Gasteiger partial charge on any atom is -0.490 e. The molecule has 1 atom stereocenters. The second kappa shape index (κ2) is 3.71. The molecule has 2 nitrogen and oxygen atoms in total. The molecule has 0 saturated carbocycles. The van der Waals surface area contributed by atoms with Gasteiger partial charge in [0.1, 0.15) is 5.75 Å². The van der Waals surface area contributed by atoms with Gasteiger partial charge in [0, 0.05) is 0 Å². The average molecular weight is 187 g/mol. The lowest BCUT2D eigenvalue weighted by Crippen LogP contribution is -2.18. The summed E-state index contributed by atoms with van der Waals surface area (Å²) in [6.45, 7) is 2.09. The summed E-state index contributed by atoms with van der Waals surface area (Å²) in [5, 5.41) is 8.58. The molecule has 14 heavy (non-hydrogen) atoms. The van der Waals surface area contributed by atoms with Crippen LogP contribution >= 0.6 is 0 Å². The first kappa shape index (κ1) is 9.08. The third-order valence-electron chi connectivity index (χ3n) is 2.56. The van der Waals surface area contributed by atoms with Crippen LogP contribution in [0.4, 0.5) is 0 Å². The van der Waals surface area contributed by atoms with Gasteiger partial charge < -0.3 is 4.74 Å². The average Bonchev–Trinajstić information content (AvgIpc) is 2.19.